The molecule has 1 aromatic heterocycles. The molecule has 4 N–H and O–H groups in total. The number of rotatable bonds is 4. The fourth-order valence-electron chi connectivity index (χ4n) is 1.71. The van der Waals surface area contributed by atoms with E-state index < -0.39 is 12.0 Å². The molecular weight excluding hydrogens is 296 g/mol. The predicted molar refractivity (Wildman–Crippen MR) is 77.6 cm³/mol. The third-order valence-corrected chi connectivity index (χ3v) is 3.05. The third kappa shape index (κ3) is 3.73. The molecule has 0 aliphatic heterocycles. The summed E-state index contributed by atoms with van der Waals surface area (Å²) in [6.45, 7) is 1.78. The van der Waals surface area contributed by atoms with Crippen LogP contribution in [-0.4, -0.2) is 27.1 Å². The molecule has 1 heterocycles. The molecule has 8 heteroatoms. The Balaban J connectivity index is 2.00. The maximum Gasteiger partial charge on any atom is 0.337 e. The molecule has 2 rings (SSSR count). The van der Waals surface area contributed by atoms with Gasteiger partial charge in [0.1, 0.15) is 5.82 Å². The van der Waals surface area contributed by atoms with Gasteiger partial charge in [0.05, 0.1) is 16.6 Å². The monoisotopic (exact) mass is 308 g/mol. The molecule has 0 aliphatic rings. The number of carbonyl (C=O) groups excluding carboxylic acids is 1. The Hall–Kier alpha value is -2.54. The van der Waals surface area contributed by atoms with Crippen LogP contribution in [0.4, 0.5) is 10.5 Å². The lowest BCUT2D eigenvalue weighted by atomic mass is 10.2. The van der Waals surface area contributed by atoms with E-state index in [-0.39, 0.29) is 16.6 Å². The zero-order valence-electron chi connectivity index (χ0n) is 11.1. The van der Waals surface area contributed by atoms with Gasteiger partial charge in [-0.3, -0.25) is 0 Å². The minimum Gasteiger partial charge on any atom is -0.478 e. The second-order valence-corrected chi connectivity index (χ2v) is 4.70. The Morgan fingerprint density at radius 3 is 2.76 bits per heavy atom. The van der Waals surface area contributed by atoms with Gasteiger partial charge in [0, 0.05) is 18.1 Å². The average molecular weight is 309 g/mol. The summed E-state index contributed by atoms with van der Waals surface area (Å²) >= 11 is 5.83. The van der Waals surface area contributed by atoms with Crippen molar-refractivity contribution < 1.29 is 14.7 Å². The predicted octanol–water partition coefficient (Wildman–Crippen LogP) is 2.64. The highest BCUT2D eigenvalue weighted by molar-refractivity contribution is 6.33. The zero-order valence-corrected chi connectivity index (χ0v) is 11.8. The van der Waals surface area contributed by atoms with E-state index in [4.69, 9.17) is 16.7 Å². The number of nitrogens with one attached hydrogen (secondary N) is 3. The first kappa shape index (κ1) is 14.9. The highest BCUT2D eigenvalue weighted by atomic mass is 35.5. The number of anilines is 1. The van der Waals surface area contributed by atoms with Crippen molar-refractivity contribution in [3.05, 3.63) is 47.0 Å². The van der Waals surface area contributed by atoms with Gasteiger partial charge in [-0.25, -0.2) is 14.6 Å². The highest BCUT2D eigenvalue weighted by Crippen LogP contribution is 2.21. The number of hydrogen-bond donors (Lipinski definition) is 4. The minimum atomic E-state index is -1.12. The Bertz CT molecular complexity index is 657. The number of hydrogen-bond acceptors (Lipinski definition) is 3. The van der Waals surface area contributed by atoms with E-state index in [0.717, 1.165) is 0 Å². The summed E-state index contributed by atoms with van der Waals surface area (Å²) in [5, 5.41) is 14.2. The number of halogens is 1. The standard InChI is InChI=1S/C13H13ClN4O3/c1-7(11-15-4-5-16-11)17-13(21)18-8-2-3-9(12(19)20)10(14)6-8/h2-7H,1H3,(H,15,16)(H,19,20)(H2,17,18,21). The Kier molecular flexibility index (Phi) is 4.44. The fourth-order valence-corrected chi connectivity index (χ4v) is 1.97. The van der Waals surface area contributed by atoms with Gasteiger partial charge in [0.25, 0.3) is 0 Å². The van der Waals surface area contributed by atoms with Gasteiger partial charge in [0.15, 0.2) is 0 Å². The molecule has 0 bridgehead atoms. The number of aromatic carboxylic acids is 1. The molecule has 0 fully saturated rings. The van der Waals surface area contributed by atoms with Crippen LogP contribution >= 0.6 is 11.6 Å². The smallest absolute Gasteiger partial charge is 0.337 e. The second kappa shape index (κ2) is 6.27. The molecule has 0 spiro atoms. The summed E-state index contributed by atoms with van der Waals surface area (Å²) in [6, 6.07) is 3.43. The largest absolute Gasteiger partial charge is 0.478 e. The number of urea groups is 1. The first-order valence-corrected chi connectivity index (χ1v) is 6.45. The molecule has 21 heavy (non-hydrogen) atoms. The van der Waals surface area contributed by atoms with E-state index in [1.165, 1.54) is 18.2 Å². The number of benzene rings is 1. The van der Waals surface area contributed by atoms with Crippen molar-refractivity contribution in [3.63, 3.8) is 0 Å². The molecule has 1 atom stereocenters. The number of aromatic amines is 1. The zero-order chi connectivity index (χ0) is 15.4. The summed E-state index contributed by atoms with van der Waals surface area (Å²) < 4.78 is 0. The number of carbonyl (C=O) groups is 2. The molecule has 0 aliphatic carbocycles. The summed E-state index contributed by atoms with van der Waals surface area (Å²) in [4.78, 5) is 29.6. The molecule has 0 saturated heterocycles. The molecule has 0 radical (unpaired) electrons. The van der Waals surface area contributed by atoms with Crippen LogP contribution in [0, 0.1) is 0 Å². The van der Waals surface area contributed by atoms with E-state index in [9.17, 15) is 9.59 Å². The molecule has 0 saturated carbocycles. The first-order valence-electron chi connectivity index (χ1n) is 6.07. The lowest BCUT2D eigenvalue weighted by Gasteiger charge is -2.13. The average Bonchev–Trinajstić information content (AvgIpc) is 2.91. The van der Waals surface area contributed by atoms with Crippen LogP contribution in [0.15, 0.2) is 30.6 Å². The summed E-state index contributed by atoms with van der Waals surface area (Å²) in [7, 11) is 0. The molecule has 7 nitrogen and oxygen atoms in total. The Morgan fingerprint density at radius 2 is 2.19 bits per heavy atom. The molecule has 2 aromatic rings. The Morgan fingerprint density at radius 1 is 1.43 bits per heavy atom. The van der Waals surface area contributed by atoms with Crippen LogP contribution in [0.3, 0.4) is 0 Å². The number of carboxylic acids is 1. The molecule has 1 unspecified atom stereocenters. The Labute approximate surface area is 125 Å². The van der Waals surface area contributed by atoms with Crippen molar-refractivity contribution >= 4 is 29.3 Å². The summed E-state index contributed by atoms with van der Waals surface area (Å²) in [6.07, 6.45) is 3.26. The molecule has 110 valence electrons. The van der Waals surface area contributed by atoms with E-state index in [2.05, 4.69) is 20.6 Å². The van der Waals surface area contributed by atoms with E-state index in [0.29, 0.717) is 11.5 Å². The van der Waals surface area contributed by atoms with Crippen molar-refractivity contribution in [1.29, 1.82) is 0 Å². The van der Waals surface area contributed by atoms with Gasteiger partial charge in [-0.15, -0.1) is 0 Å². The van der Waals surface area contributed by atoms with Gasteiger partial charge in [0.2, 0.25) is 0 Å². The van der Waals surface area contributed by atoms with Crippen molar-refractivity contribution in [2.75, 3.05) is 5.32 Å². The van der Waals surface area contributed by atoms with Crippen LogP contribution in [0.25, 0.3) is 0 Å². The summed E-state index contributed by atoms with van der Waals surface area (Å²) in [5.74, 6) is -0.494. The number of carboxylic acid groups (broad SMARTS) is 1. The lowest BCUT2D eigenvalue weighted by Crippen LogP contribution is -2.31. The van der Waals surface area contributed by atoms with E-state index in [1.807, 2.05) is 0 Å². The van der Waals surface area contributed by atoms with E-state index >= 15 is 0 Å². The number of imidazole rings is 1. The van der Waals surface area contributed by atoms with Crippen molar-refractivity contribution in [3.8, 4) is 0 Å². The van der Waals surface area contributed by atoms with Crippen molar-refractivity contribution in [2.45, 2.75) is 13.0 Å². The maximum atomic E-state index is 11.8. The van der Waals surface area contributed by atoms with Gasteiger partial charge in [-0.05, 0) is 25.1 Å². The van der Waals surface area contributed by atoms with Crippen molar-refractivity contribution in [1.82, 2.24) is 15.3 Å². The number of amides is 2. The SMILES string of the molecule is CC(NC(=O)Nc1ccc(C(=O)O)c(Cl)c1)c1ncc[nH]1. The molecule has 2 amide bonds. The minimum absolute atomic E-state index is 0.0217. The molecular formula is C13H13ClN4O3. The van der Waals surface area contributed by atoms with Gasteiger partial charge in [-0.1, -0.05) is 11.6 Å². The van der Waals surface area contributed by atoms with Crippen LogP contribution in [0.2, 0.25) is 5.02 Å². The van der Waals surface area contributed by atoms with Gasteiger partial charge in [-0.2, -0.15) is 0 Å². The van der Waals surface area contributed by atoms with E-state index in [1.54, 1.807) is 19.3 Å². The number of H-pyrrole nitrogens is 1. The molecule has 1 aromatic carbocycles. The van der Waals surface area contributed by atoms with Crippen LogP contribution in [0.5, 0.6) is 0 Å². The van der Waals surface area contributed by atoms with Gasteiger partial charge >= 0.3 is 12.0 Å². The van der Waals surface area contributed by atoms with Crippen LogP contribution < -0.4 is 10.6 Å². The maximum absolute atomic E-state index is 11.8. The second-order valence-electron chi connectivity index (χ2n) is 4.29. The van der Waals surface area contributed by atoms with Crippen LogP contribution in [-0.2, 0) is 0 Å². The number of nitrogens with zero attached hydrogens (tertiary/aromatic N) is 1. The highest BCUT2D eigenvalue weighted by Gasteiger charge is 2.13. The summed E-state index contributed by atoms with van der Waals surface area (Å²) in [5.41, 5.74) is 0.376. The third-order valence-electron chi connectivity index (χ3n) is 2.73. The quantitative estimate of drug-likeness (QED) is 0.696. The van der Waals surface area contributed by atoms with Crippen LogP contribution in [0.1, 0.15) is 29.1 Å². The number of aromatic nitrogens is 2. The fraction of sp³-hybridized carbons (Fsp3) is 0.154. The lowest BCUT2D eigenvalue weighted by molar-refractivity contribution is 0.0697. The van der Waals surface area contributed by atoms with Gasteiger partial charge < -0.3 is 20.7 Å². The normalized spacial score (nSPS) is 11.7. The first-order chi connectivity index (χ1) is 9.97. The van der Waals surface area contributed by atoms with Crippen molar-refractivity contribution in [2.24, 2.45) is 0 Å². The topological polar surface area (TPSA) is 107 Å².